The summed E-state index contributed by atoms with van der Waals surface area (Å²) < 4.78 is 5.33. The number of fused-ring (bicyclic) bond motifs is 1. The summed E-state index contributed by atoms with van der Waals surface area (Å²) in [6.45, 7) is 6.66. The van der Waals surface area contributed by atoms with Gasteiger partial charge in [-0.15, -0.1) is 0 Å². The summed E-state index contributed by atoms with van der Waals surface area (Å²) in [4.78, 5) is 11.9. The van der Waals surface area contributed by atoms with E-state index in [1.54, 1.807) is 0 Å². The maximum atomic E-state index is 6.05. The molecule has 0 aliphatic rings. The van der Waals surface area contributed by atoms with Gasteiger partial charge < -0.3 is 15.5 Å². The van der Waals surface area contributed by atoms with Crippen molar-refractivity contribution in [3.05, 3.63) is 18.0 Å². The van der Waals surface area contributed by atoms with Crippen LogP contribution in [0.1, 0.15) is 32.6 Å². The molecule has 0 fully saturated rings. The predicted octanol–water partition coefficient (Wildman–Crippen LogP) is 2.01. The molecule has 92 valence electrons. The number of ether oxygens (including phenoxy) is 1. The molecule has 2 rings (SSSR count). The second-order valence-corrected chi connectivity index (χ2v) is 4.35. The summed E-state index contributed by atoms with van der Waals surface area (Å²) in [6.07, 6.45) is 0. The van der Waals surface area contributed by atoms with Crippen LogP contribution in [-0.2, 0) is 0 Å². The van der Waals surface area contributed by atoms with E-state index >= 15 is 0 Å². The molecule has 0 saturated carbocycles. The van der Waals surface area contributed by atoms with Crippen molar-refractivity contribution in [3.8, 4) is 5.88 Å². The molecule has 0 saturated heterocycles. The summed E-state index contributed by atoms with van der Waals surface area (Å²) in [6, 6.07) is 3.64. The van der Waals surface area contributed by atoms with E-state index in [4.69, 9.17) is 10.5 Å². The van der Waals surface area contributed by atoms with E-state index in [0.29, 0.717) is 24.1 Å². The molecule has 2 aromatic heterocycles. The molecule has 2 aromatic rings. The van der Waals surface area contributed by atoms with Crippen molar-refractivity contribution >= 4 is 11.2 Å². The lowest BCUT2D eigenvalue weighted by atomic mass is 10.1. The lowest BCUT2D eigenvalue weighted by molar-refractivity contribution is 0.328. The number of aromatic amines is 1. The van der Waals surface area contributed by atoms with Gasteiger partial charge in [0, 0.05) is 6.07 Å². The van der Waals surface area contributed by atoms with Crippen molar-refractivity contribution in [2.24, 2.45) is 11.7 Å². The van der Waals surface area contributed by atoms with Crippen LogP contribution < -0.4 is 10.5 Å². The highest BCUT2D eigenvalue weighted by Gasteiger charge is 2.15. The smallest absolute Gasteiger partial charge is 0.215 e. The van der Waals surface area contributed by atoms with Crippen molar-refractivity contribution < 1.29 is 4.74 Å². The Morgan fingerprint density at radius 1 is 1.35 bits per heavy atom. The van der Waals surface area contributed by atoms with E-state index in [1.165, 1.54) is 0 Å². The first kappa shape index (κ1) is 11.9. The Morgan fingerprint density at radius 2 is 2.12 bits per heavy atom. The van der Waals surface area contributed by atoms with E-state index in [0.717, 1.165) is 11.3 Å². The van der Waals surface area contributed by atoms with Gasteiger partial charge in [-0.1, -0.05) is 13.8 Å². The van der Waals surface area contributed by atoms with Crippen LogP contribution in [0, 0.1) is 5.92 Å². The average molecular weight is 234 g/mol. The van der Waals surface area contributed by atoms with Crippen LogP contribution >= 0.6 is 0 Å². The SMILES string of the molecule is CCOc1ccc2[nH]c(C(N)C(C)C)nc2n1. The molecule has 17 heavy (non-hydrogen) atoms. The van der Waals surface area contributed by atoms with Crippen LogP contribution in [0.4, 0.5) is 0 Å². The molecular formula is C12H18N4O. The Labute approximate surface area is 100 Å². The number of rotatable bonds is 4. The van der Waals surface area contributed by atoms with Crippen LogP contribution in [-0.4, -0.2) is 21.6 Å². The van der Waals surface area contributed by atoms with E-state index in [9.17, 15) is 0 Å². The molecule has 0 radical (unpaired) electrons. The monoisotopic (exact) mass is 234 g/mol. The minimum absolute atomic E-state index is 0.0975. The number of hydrogen-bond donors (Lipinski definition) is 2. The second kappa shape index (κ2) is 4.71. The molecule has 0 bridgehead atoms. The highest BCUT2D eigenvalue weighted by Crippen LogP contribution is 2.20. The Bertz CT molecular complexity index is 506. The van der Waals surface area contributed by atoms with Crippen molar-refractivity contribution in [1.82, 2.24) is 15.0 Å². The van der Waals surface area contributed by atoms with Crippen molar-refractivity contribution in [1.29, 1.82) is 0 Å². The molecule has 5 heteroatoms. The molecule has 2 heterocycles. The molecule has 0 amide bonds. The largest absolute Gasteiger partial charge is 0.478 e. The molecule has 1 unspecified atom stereocenters. The number of imidazole rings is 1. The average Bonchev–Trinajstić information content (AvgIpc) is 2.71. The number of nitrogens with zero attached hydrogens (tertiary/aromatic N) is 2. The maximum absolute atomic E-state index is 6.05. The molecule has 0 aliphatic heterocycles. The third kappa shape index (κ3) is 2.39. The molecule has 1 atom stereocenters. The van der Waals surface area contributed by atoms with Crippen LogP contribution in [0.2, 0.25) is 0 Å². The molecular weight excluding hydrogens is 216 g/mol. The first-order valence-electron chi connectivity index (χ1n) is 5.87. The van der Waals surface area contributed by atoms with E-state index < -0.39 is 0 Å². The Hall–Kier alpha value is -1.62. The Kier molecular flexibility index (Phi) is 3.28. The molecule has 0 aromatic carbocycles. The minimum Gasteiger partial charge on any atom is -0.478 e. The summed E-state index contributed by atoms with van der Waals surface area (Å²) in [5.74, 6) is 1.70. The first-order valence-corrected chi connectivity index (χ1v) is 5.87. The fourth-order valence-electron chi connectivity index (χ4n) is 1.60. The third-order valence-corrected chi connectivity index (χ3v) is 2.66. The lowest BCUT2D eigenvalue weighted by Gasteiger charge is -2.11. The van der Waals surface area contributed by atoms with Gasteiger partial charge in [0.25, 0.3) is 0 Å². The van der Waals surface area contributed by atoms with Gasteiger partial charge in [-0.05, 0) is 18.9 Å². The third-order valence-electron chi connectivity index (χ3n) is 2.66. The zero-order valence-electron chi connectivity index (χ0n) is 10.4. The molecule has 0 spiro atoms. The lowest BCUT2D eigenvalue weighted by Crippen LogP contribution is -2.18. The number of nitrogens with one attached hydrogen (secondary N) is 1. The minimum atomic E-state index is -0.0975. The van der Waals surface area contributed by atoms with Crippen LogP contribution in [0.3, 0.4) is 0 Å². The quantitative estimate of drug-likeness (QED) is 0.848. The predicted molar refractivity (Wildman–Crippen MR) is 66.8 cm³/mol. The number of hydrogen-bond acceptors (Lipinski definition) is 4. The summed E-state index contributed by atoms with van der Waals surface area (Å²) in [5.41, 5.74) is 7.59. The maximum Gasteiger partial charge on any atom is 0.215 e. The van der Waals surface area contributed by atoms with E-state index in [1.807, 2.05) is 19.1 Å². The second-order valence-electron chi connectivity index (χ2n) is 4.35. The van der Waals surface area contributed by atoms with Crippen LogP contribution in [0.5, 0.6) is 5.88 Å². The van der Waals surface area contributed by atoms with Gasteiger partial charge in [-0.2, -0.15) is 4.98 Å². The van der Waals surface area contributed by atoms with E-state index in [-0.39, 0.29) is 6.04 Å². The molecule has 3 N–H and O–H groups in total. The fraction of sp³-hybridized carbons (Fsp3) is 0.500. The van der Waals surface area contributed by atoms with Crippen LogP contribution in [0.15, 0.2) is 12.1 Å². The van der Waals surface area contributed by atoms with Crippen LogP contribution in [0.25, 0.3) is 11.2 Å². The van der Waals surface area contributed by atoms with Crippen molar-refractivity contribution in [2.75, 3.05) is 6.61 Å². The van der Waals surface area contributed by atoms with Gasteiger partial charge in [0.2, 0.25) is 5.88 Å². The molecule has 0 aliphatic carbocycles. The standard InChI is InChI=1S/C12H18N4O/c1-4-17-9-6-5-8-11(15-9)16-12(14-8)10(13)7(2)3/h5-7,10H,4,13H2,1-3H3,(H,14,15,16). The van der Waals surface area contributed by atoms with Crippen molar-refractivity contribution in [2.45, 2.75) is 26.8 Å². The summed E-state index contributed by atoms with van der Waals surface area (Å²) in [5, 5.41) is 0. The van der Waals surface area contributed by atoms with Gasteiger partial charge in [0.15, 0.2) is 5.65 Å². The van der Waals surface area contributed by atoms with E-state index in [2.05, 4.69) is 28.8 Å². The van der Waals surface area contributed by atoms with Gasteiger partial charge in [0.05, 0.1) is 18.2 Å². The fourth-order valence-corrected chi connectivity index (χ4v) is 1.60. The summed E-state index contributed by atoms with van der Waals surface area (Å²) >= 11 is 0. The number of pyridine rings is 1. The number of aromatic nitrogens is 3. The van der Waals surface area contributed by atoms with Gasteiger partial charge in [-0.25, -0.2) is 4.98 Å². The zero-order valence-corrected chi connectivity index (χ0v) is 10.4. The topological polar surface area (TPSA) is 76.8 Å². The Balaban J connectivity index is 2.36. The van der Waals surface area contributed by atoms with Crippen molar-refractivity contribution in [3.63, 3.8) is 0 Å². The number of nitrogens with two attached hydrogens (primary N) is 1. The van der Waals surface area contributed by atoms with Gasteiger partial charge in [0.1, 0.15) is 5.82 Å². The van der Waals surface area contributed by atoms with Gasteiger partial charge >= 0.3 is 0 Å². The van der Waals surface area contributed by atoms with Gasteiger partial charge in [-0.3, -0.25) is 0 Å². The Morgan fingerprint density at radius 3 is 2.76 bits per heavy atom. The normalized spacial score (nSPS) is 13.2. The summed E-state index contributed by atoms with van der Waals surface area (Å²) in [7, 11) is 0. The highest BCUT2D eigenvalue weighted by atomic mass is 16.5. The zero-order chi connectivity index (χ0) is 12.4. The molecule has 5 nitrogen and oxygen atoms in total. The first-order chi connectivity index (χ1) is 8.11. The number of H-pyrrole nitrogens is 1. The highest BCUT2D eigenvalue weighted by molar-refractivity contribution is 5.71.